The van der Waals surface area contributed by atoms with Gasteiger partial charge < -0.3 is 4.74 Å². The van der Waals surface area contributed by atoms with E-state index in [1.165, 1.54) is 0 Å². The Morgan fingerprint density at radius 3 is 3.00 bits per heavy atom. The van der Waals surface area contributed by atoms with Crippen LogP contribution < -0.4 is 0 Å². The minimum Gasteiger partial charge on any atom is -0.465 e. The van der Waals surface area contributed by atoms with E-state index in [1.54, 1.807) is 6.92 Å². The number of aromatic nitrogens is 1. The van der Waals surface area contributed by atoms with E-state index in [0.29, 0.717) is 12.3 Å². The Labute approximate surface area is 89.5 Å². The number of rotatable bonds is 2. The van der Waals surface area contributed by atoms with Crippen LogP contribution in [0.5, 0.6) is 0 Å². The lowest BCUT2D eigenvalue weighted by molar-refractivity contribution is -0.141. The Balaban J connectivity index is 2.55. The van der Waals surface area contributed by atoms with Crippen LogP contribution in [0.4, 0.5) is 0 Å². The molecule has 0 aliphatic carbocycles. The zero-order valence-electron chi connectivity index (χ0n) is 8.91. The van der Waals surface area contributed by atoms with E-state index in [-0.39, 0.29) is 12.4 Å². The molecule has 1 rings (SSSR count). The molecule has 0 saturated carbocycles. The highest BCUT2D eigenvalue weighted by atomic mass is 16.5. The molecule has 1 heterocycles. The van der Waals surface area contributed by atoms with Crippen LogP contribution in [-0.2, 0) is 9.53 Å². The molecular formula is C12H13NO2. The van der Waals surface area contributed by atoms with E-state index in [1.807, 2.05) is 25.1 Å². The van der Waals surface area contributed by atoms with Crippen molar-refractivity contribution < 1.29 is 9.53 Å². The van der Waals surface area contributed by atoms with Crippen LogP contribution in [0.1, 0.15) is 24.7 Å². The van der Waals surface area contributed by atoms with Crippen LogP contribution in [0.2, 0.25) is 0 Å². The molecule has 0 spiro atoms. The first kappa shape index (κ1) is 11.3. The number of hydrogen-bond donors (Lipinski definition) is 0. The number of carbonyl (C=O) groups excluding carboxylic acids is 1. The molecule has 15 heavy (non-hydrogen) atoms. The van der Waals surface area contributed by atoms with Crippen LogP contribution in [0.25, 0.3) is 0 Å². The molecule has 0 saturated heterocycles. The molecule has 0 aliphatic rings. The van der Waals surface area contributed by atoms with Crippen molar-refractivity contribution >= 4 is 5.97 Å². The van der Waals surface area contributed by atoms with Crippen molar-refractivity contribution in [1.29, 1.82) is 0 Å². The smallest absolute Gasteiger partial charge is 0.317 e. The van der Waals surface area contributed by atoms with E-state index in [4.69, 9.17) is 4.74 Å². The van der Waals surface area contributed by atoms with Crippen LogP contribution in [0, 0.1) is 18.8 Å². The van der Waals surface area contributed by atoms with Crippen LogP contribution >= 0.6 is 0 Å². The monoisotopic (exact) mass is 203 g/mol. The molecular weight excluding hydrogens is 190 g/mol. The van der Waals surface area contributed by atoms with Gasteiger partial charge in [-0.15, -0.1) is 0 Å². The lowest BCUT2D eigenvalue weighted by Crippen LogP contribution is -2.01. The third kappa shape index (κ3) is 4.28. The van der Waals surface area contributed by atoms with Crippen molar-refractivity contribution in [3.05, 3.63) is 29.6 Å². The number of pyridine rings is 1. The van der Waals surface area contributed by atoms with Gasteiger partial charge in [0.05, 0.1) is 6.61 Å². The molecule has 0 N–H and O–H groups in total. The Hall–Kier alpha value is -1.82. The second-order valence-electron chi connectivity index (χ2n) is 2.95. The lowest BCUT2D eigenvalue weighted by Gasteiger charge is -1.95. The molecule has 0 bridgehead atoms. The van der Waals surface area contributed by atoms with Crippen molar-refractivity contribution in [1.82, 2.24) is 4.98 Å². The quantitative estimate of drug-likeness (QED) is 0.542. The van der Waals surface area contributed by atoms with E-state index in [2.05, 4.69) is 16.8 Å². The van der Waals surface area contributed by atoms with Gasteiger partial charge in [0.1, 0.15) is 12.1 Å². The van der Waals surface area contributed by atoms with Crippen molar-refractivity contribution in [3.8, 4) is 11.8 Å². The Morgan fingerprint density at radius 2 is 2.33 bits per heavy atom. The summed E-state index contributed by atoms with van der Waals surface area (Å²) in [6.07, 6.45) is 0.115. The van der Waals surface area contributed by atoms with Gasteiger partial charge in [-0.05, 0) is 31.9 Å². The second-order valence-corrected chi connectivity index (χ2v) is 2.95. The largest absolute Gasteiger partial charge is 0.465 e. The van der Waals surface area contributed by atoms with E-state index >= 15 is 0 Å². The first-order valence-corrected chi connectivity index (χ1v) is 4.80. The summed E-state index contributed by atoms with van der Waals surface area (Å²) in [7, 11) is 0. The number of aryl methyl sites for hydroxylation is 1. The average molecular weight is 203 g/mol. The van der Waals surface area contributed by atoms with E-state index < -0.39 is 0 Å². The standard InChI is InChI=1S/C12H13NO2/c1-3-15-12(14)9-5-8-11-7-4-6-10(2)13-11/h4,6-7H,3,9H2,1-2H3. The molecule has 0 fully saturated rings. The van der Waals surface area contributed by atoms with Gasteiger partial charge in [0.2, 0.25) is 0 Å². The summed E-state index contributed by atoms with van der Waals surface area (Å²) < 4.78 is 4.74. The highest BCUT2D eigenvalue weighted by Gasteiger charge is 1.96. The van der Waals surface area contributed by atoms with Crippen LogP contribution in [-0.4, -0.2) is 17.6 Å². The maximum absolute atomic E-state index is 11.0. The maximum atomic E-state index is 11.0. The molecule has 0 aromatic carbocycles. The van der Waals surface area contributed by atoms with Gasteiger partial charge in [-0.3, -0.25) is 4.79 Å². The highest BCUT2D eigenvalue weighted by Crippen LogP contribution is 1.95. The van der Waals surface area contributed by atoms with Crippen molar-refractivity contribution in [2.75, 3.05) is 6.61 Å². The normalized spacial score (nSPS) is 8.93. The molecule has 0 amide bonds. The third-order valence-electron chi connectivity index (χ3n) is 1.64. The fourth-order valence-electron chi connectivity index (χ4n) is 1.03. The number of esters is 1. The Bertz CT molecular complexity index is 402. The van der Waals surface area contributed by atoms with Crippen LogP contribution in [0.3, 0.4) is 0 Å². The molecule has 3 nitrogen and oxygen atoms in total. The van der Waals surface area contributed by atoms with Crippen molar-refractivity contribution in [2.45, 2.75) is 20.3 Å². The fraction of sp³-hybridized carbons (Fsp3) is 0.333. The number of nitrogens with zero attached hydrogens (tertiary/aromatic N) is 1. The minimum absolute atomic E-state index is 0.115. The molecule has 0 aliphatic heterocycles. The SMILES string of the molecule is CCOC(=O)CC#Cc1cccc(C)n1. The zero-order chi connectivity index (χ0) is 11.1. The highest BCUT2D eigenvalue weighted by molar-refractivity contribution is 5.72. The average Bonchev–Trinajstić information content (AvgIpc) is 2.18. The predicted molar refractivity (Wildman–Crippen MR) is 57.1 cm³/mol. The summed E-state index contributed by atoms with van der Waals surface area (Å²) >= 11 is 0. The summed E-state index contributed by atoms with van der Waals surface area (Å²) in [5, 5.41) is 0. The molecule has 0 unspecified atom stereocenters. The van der Waals surface area contributed by atoms with E-state index in [9.17, 15) is 4.79 Å². The molecule has 1 aromatic rings. The van der Waals surface area contributed by atoms with E-state index in [0.717, 1.165) is 5.69 Å². The van der Waals surface area contributed by atoms with Gasteiger partial charge >= 0.3 is 5.97 Å². The number of hydrogen-bond acceptors (Lipinski definition) is 3. The summed E-state index contributed by atoms with van der Waals surface area (Å²) in [6.45, 7) is 4.06. The van der Waals surface area contributed by atoms with Crippen LogP contribution in [0.15, 0.2) is 18.2 Å². The topological polar surface area (TPSA) is 39.2 Å². The minimum atomic E-state index is -0.294. The summed E-state index contributed by atoms with van der Waals surface area (Å²) in [5.41, 5.74) is 1.59. The molecule has 3 heteroatoms. The Morgan fingerprint density at radius 1 is 1.53 bits per heavy atom. The maximum Gasteiger partial charge on any atom is 0.317 e. The fourth-order valence-corrected chi connectivity index (χ4v) is 1.03. The molecule has 78 valence electrons. The molecule has 0 radical (unpaired) electrons. The van der Waals surface area contributed by atoms with Gasteiger partial charge in [0.25, 0.3) is 0 Å². The number of ether oxygens (including phenoxy) is 1. The number of carbonyl (C=O) groups is 1. The summed E-state index contributed by atoms with van der Waals surface area (Å²) in [5.74, 6) is 5.25. The summed E-state index contributed by atoms with van der Waals surface area (Å²) in [4.78, 5) is 15.1. The van der Waals surface area contributed by atoms with Gasteiger partial charge in [0.15, 0.2) is 0 Å². The lowest BCUT2D eigenvalue weighted by atomic mass is 10.3. The summed E-state index contributed by atoms with van der Waals surface area (Å²) in [6, 6.07) is 5.60. The first-order chi connectivity index (χ1) is 7.22. The molecule has 0 atom stereocenters. The first-order valence-electron chi connectivity index (χ1n) is 4.80. The molecule has 1 aromatic heterocycles. The van der Waals surface area contributed by atoms with Gasteiger partial charge in [-0.2, -0.15) is 0 Å². The predicted octanol–water partition coefficient (Wildman–Crippen LogP) is 1.69. The second kappa shape index (κ2) is 5.82. The Kier molecular flexibility index (Phi) is 4.36. The third-order valence-corrected chi connectivity index (χ3v) is 1.64. The van der Waals surface area contributed by atoms with Crippen molar-refractivity contribution in [2.24, 2.45) is 0 Å². The van der Waals surface area contributed by atoms with Gasteiger partial charge in [0, 0.05) is 5.69 Å². The van der Waals surface area contributed by atoms with Gasteiger partial charge in [-0.25, -0.2) is 4.98 Å². The van der Waals surface area contributed by atoms with Crippen molar-refractivity contribution in [3.63, 3.8) is 0 Å². The van der Waals surface area contributed by atoms with Gasteiger partial charge in [-0.1, -0.05) is 12.0 Å². The zero-order valence-corrected chi connectivity index (χ0v) is 8.91.